The first-order chi connectivity index (χ1) is 19.7. The second-order valence-corrected chi connectivity index (χ2v) is 11.4. The predicted octanol–water partition coefficient (Wildman–Crippen LogP) is 1.25. The Bertz CT molecular complexity index is 1050. The van der Waals surface area contributed by atoms with E-state index in [1.165, 1.54) is 31.6 Å². The Hall–Kier alpha value is -3.15. The second kappa shape index (κ2) is 15.7. The number of aldehydes is 2. The van der Waals surface area contributed by atoms with Gasteiger partial charge in [0.15, 0.2) is 6.29 Å². The SMILES string of the molecule is CC=N.CNC(=O)CCC(C=O)N(C)C(=O)c1cc(N2CC(CN3CCC(N4CCC(N)CC4)C3)C2)ccc1C=O. The molecule has 0 aromatic heterocycles. The number of rotatable bonds is 11. The largest absolute Gasteiger partial charge is 0.371 e. The minimum atomic E-state index is -0.748. The van der Waals surface area contributed by atoms with Gasteiger partial charge in [-0.25, -0.2) is 0 Å². The van der Waals surface area contributed by atoms with Crippen molar-refractivity contribution >= 4 is 36.3 Å². The number of benzene rings is 1. The Labute approximate surface area is 243 Å². The van der Waals surface area contributed by atoms with Gasteiger partial charge in [0.05, 0.1) is 11.6 Å². The number of carbonyl (C=O) groups excluding carboxylic acids is 4. The molecule has 3 aliphatic rings. The number of carbonyl (C=O) groups is 4. The van der Waals surface area contributed by atoms with Crippen molar-refractivity contribution in [2.24, 2.45) is 11.7 Å². The third-order valence-corrected chi connectivity index (χ3v) is 8.49. The van der Waals surface area contributed by atoms with Gasteiger partial charge in [0.1, 0.15) is 6.29 Å². The highest BCUT2D eigenvalue weighted by molar-refractivity contribution is 6.03. The van der Waals surface area contributed by atoms with E-state index in [0.29, 0.717) is 36.1 Å². The van der Waals surface area contributed by atoms with Crippen LogP contribution in [0.15, 0.2) is 18.2 Å². The van der Waals surface area contributed by atoms with Crippen molar-refractivity contribution in [2.45, 2.75) is 57.2 Å². The van der Waals surface area contributed by atoms with E-state index < -0.39 is 11.9 Å². The van der Waals surface area contributed by atoms with E-state index in [9.17, 15) is 19.2 Å². The van der Waals surface area contributed by atoms with Crippen LogP contribution in [0.5, 0.6) is 0 Å². The summed E-state index contributed by atoms with van der Waals surface area (Å²) in [6.45, 7) is 9.06. The summed E-state index contributed by atoms with van der Waals surface area (Å²) in [7, 11) is 3.07. The topological polar surface area (TPSA) is 143 Å². The first-order valence-corrected chi connectivity index (χ1v) is 14.7. The number of hydrogen-bond acceptors (Lipinski definition) is 9. The molecule has 1 aromatic carbocycles. The van der Waals surface area contributed by atoms with E-state index in [2.05, 4.69) is 20.0 Å². The number of nitrogens with one attached hydrogen (secondary N) is 2. The summed E-state index contributed by atoms with van der Waals surface area (Å²) >= 11 is 0. The first kappa shape index (κ1) is 32.4. The van der Waals surface area contributed by atoms with E-state index >= 15 is 0 Å². The number of amides is 2. The zero-order valence-electron chi connectivity index (χ0n) is 24.8. The lowest BCUT2D eigenvalue weighted by atomic mass is 9.97. The predicted molar refractivity (Wildman–Crippen MR) is 161 cm³/mol. The van der Waals surface area contributed by atoms with Crippen LogP contribution in [-0.2, 0) is 9.59 Å². The molecule has 4 rings (SSSR count). The van der Waals surface area contributed by atoms with Gasteiger partial charge >= 0.3 is 0 Å². The van der Waals surface area contributed by atoms with Crippen molar-refractivity contribution < 1.29 is 19.2 Å². The molecule has 4 N–H and O–H groups in total. The Morgan fingerprint density at radius 1 is 1.15 bits per heavy atom. The molecule has 0 bridgehead atoms. The summed E-state index contributed by atoms with van der Waals surface area (Å²) in [5, 5.41) is 8.60. The Kier molecular flexibility index (Phi) is 12.4. The Morgan fingerprint density at radius 2 is 1.83 bits per heavy atom. The average Bonchev–Trinajstić information content (AvgIpc) is 3.43. The highest BCUT2D eigenvalue weighted by Gasteiger charge is 2.34. The van der Waals surface area contributed by atoms with Gasteiger partial charge in [0.25, 0.3) is 5.91 Å². The van der Waals surface area contributed by atoms with Crippen LogP contribution in [0.1, 0.15) is 59.7 Å². The molecule has 2 amide bonds. The molecule has 3 heterocycles. The van der Waals surface area contributed by atoms with Gasteiger partial charge in [-0.15, -0.1) is 0 Å². The van der Waals surface area contributed by atoms with Crippen molar-refractivity contribution in [2.75, 3.05) is 64.8 Å². The molecule has 41 heavy (non-hydrogen) atoms. The van der Waals surface area contributed by atoms with Crippen molar-refractivity contribution in [1.29, 1.82) is 5.41 Å². The molecular weight excluding hydrogens is 522 g/mol. The molecule has 0 saturated carbocycles. The number of nitrogens with zero attached hydrogens (tertiary/aromatic N) is 4. The molecular formula is C30H47N7O4. The molecule has 2 atom stereocenters. The standard InChI is InChI=1S/C28H42N6O4.C2H5N/c1-30-27(37)6-5-25(19-36)31(2)28(38)26-13-23(4-3-21(26)18-35)34-15-20(16-34)14-32-10-9-24(17-32)33-11-7-22(29)8-12-33;1-2-3/h3-4,13,18-20,22,24-25H,5-12,14-17,29H2,1-2H3,(H,30,37);2-3H,1H3. The van der Waals surface area contributed by atoms with Gasteiger partial charge in [-0.2, -0.15) is 0 Å². The van der Waals surface area contributed by atoms with Crippen LogP contribution in [0.25, 0.3) is 0 Å². The molecule has 0 spiro atoms. The number of nitrogens with two attached hydrogens (primary N) is 1. The van der Waals surface area contributed by atoms with Crippen LogP contribution in [0.3, 0.4) is 0 Å². The first-order valence-electron chi connectivity index (χ1n) is 14.7. The van der Waals surface area contributed by atoms with Crippen LogP contribution >= 0.6 is 0 Å². The molecule has 11 nitrogen and oxygen atoms in total. The van der Waals surface area contributed by atoms with E-state index in [0.717, 1.165) is 64.3 Å². The molecule has 0 aliphatic carbocycles. The zero-order valence-corrected chi connectivity index (χ0v) is 24.8. The lowest BCUT2D eigenvalue weighted by molar-refractivity contribution is -0.121. The zero-order chi connectivity index (χ0) is 29.9. The quantitative estimate of drug-likeness (QED) is 0.267. The summed E-state index contributed by atoms with van der Waals surface area (Å²) in [6.07, 6.45) is 6.38. The Morgan fingerprint density at radius 3 is 2.44 bits per heavy atom. The summed E-state index contributed by atoms with van der Waals surface area (Å²) in [5.74, 6) is -0.0247. The molecule has 0 radical (unpaired) electrons. The monoisotopic (exact) mass is 569 g/mol. The Balaban J connectivity index is 0.00000147. The molecule has 3 saturated heterocycles. The molecule has 1 aromatic rings. The summed E-state index contributed by atoms with van der Waals surface area (Å²) in [5.41, 5.74) is 7.54. The summed E-state index contributed by atoms with van der Waals surface area (Å²) in [6, 6.07) is 5.57. The van der Waals surface area contributed by atoms with Gasteiger partial charge < -0.3 is 36.0 Å². The van der Waals surface area contributed by atoms with Crippen molar-refractivity contribution in [3.05, 3.63) is 29.3 Å². The van der Waals surface area contributed by atoms with Crippen molar-refractivity contribution in [3.8, 4) is 0 Å². The summed E-state index contributed by atoms with van der Waals surface area (Å²) in [4.78, 5) is 57.0. The third-order valence-electron chi connectivity index (χ3n) is 8.49. The van der Waals surface area contributed by atoms with Gasteiger partial charge in [-0.1, -0.05) is 0 Å². The van der Waals surface area contributed by atoms with E-state index in [1.54, 1.807) is 19.1 Å². The third kappa shape index (κ3) is 8.67. The van der Waals surface area contributed by atoms with Gasteiger partial charge in [-0.05, 0) is 76.7 Å². The average molecular weight is 570 g/mol. The van der Waals surface area contributed by atoms with Crippen LogP contribution < -0.4 is 16.0 Å². The molecule has 226 valence electrons. The van der Waals surface area contributed by atoms with Crippen LogP contribution in [-0.4, -0.2) is 123 Å². The van der Waals surface area contributed by atoms with Crippen molar-refractivity contribution in [3.63, 3.8) is 0 Å². The minimum absolute atomic E-state index is 0.136. The molecule has 11 heteroatoms. The van der Waals surface area contributed by atoms with Gasteiger partial charge in [0.2, 0.25) is 5.91 Å². The highest BCUT2D eigenvalue weighted by Crippen LogP contribution is 2.29. The lowest BCUT2D eigenvalue weighted by Crippen LogP contribution is -2.52. The lowest BCUT2D eigenvalue weighted by Gasteiger charge is -2.43. The van der Waals surface area contributed by atoms with E-state index in [-0.39, 0.29) is 24.3 Å². The molecule has 3 fully saturated rings. The van der Waals surface area contributed by atoms with Crippen LogP contribution in [0.4, 0.5) is 5.69 Å². The van der Waals surface area contributed by atoms with Crippen LogP contribution in [0, 0.1) is 11.3 Å². The molecule has 3 aliphatic heterocycles. The fourth-order valence-corrected chi connectivity index (χ4v) is 5.95. The van der Waals surface area contributed by atoms with Crippen LogP contribution in [0.2, 0.25) is 0 Å². The number of likely N-dealkylation sites (tertiary alicyclic amines) is 2. The summed E-state index contributed by atoms with van der Waals surface area (Å²) < 4.78 is 0. The maximum absolute atomic E-state index is 13.3. The van der Waals surface area contributed by atoms with Gasteiger partial charge in [-0.3, -0.25) is 19.3 Å². The number of likely N-dealkylation sites (N-methyl/N-ethyl adjacent to an activating group) is 1. The molecule has 2 unspecified atom stereocenters. The number of piperidine rings is 1. The normalized spacial score (nSPS) is 20.8. The second-order valence-electron chi connectivity index (χ2n) is 11.4. The maximum Gasteiger partial charge on any atom is 0.255 e. The number of anilines is 1. The maximum atomic E-state index is 13.3. The van der Waals surface area contributed by atoms with Crippen molar-refractivity contribution in [1.82, 2.24) is 20.0 Å². The number of hydrogen-bond donors (Lipinski definition) is 3. The fraction of sp³-hybridized carbons (Fsp3) is 0.633. The van der Waals surface area contributed by atoms with E-state index in [4.69, 9.17) is 11.1 Å². The highest BCUT2D eigenvalue weighted by atomic mass is 16.2. The fourth-order valence-electron chi connectivity index (χ4n) is 5.95. The van der Waals surface area contributed by atoms with E-state index in [1.807, 2.05) is 6.07 Å². The minimum Gasteiger partial charge on any atom is -0.371 e. The smallest absolute Gasteiger partial charge is 0.255 e. The van der Waals surface area contributed by atoms with Gasteiger partial charge in [0, 0.05) is 75.9 Å².